The third-order valence-electron chi connectivity index (χ3n) is 1.30. The van der Waals surface area contributed by atoms with Crippen LogP contribution in [0, 0.1) is 0 Å². The standard InChI is InChI=1S/C5H5.CH3.Cd/c1-2-4-5-3-1;;/h1-3H,4H2;1H3;. The SMILES string of the molecule is [CH3][Cd][C]1=CC=CC1. The first kappa shape index (κ1) is 5.54. The van der Waals surface area contributed by atoms with E-state index in [1.165, 1.54) is 6.42 Å². The molecule has 0 aromatic rings. The Kier molecular flexibility index (Phi) is 2.09. The van der Waals surface area contributed by atoms with Crippen LogP contribution in [0.4, 0.5) is 0 Å². The van der Waals surface area contributed by atoms with Crippen molar-refractivity contribution in [1.82, 2.24) is 0 Å². The summed E-state index contributed by atoms with van der Waals surface area (Å²) in [4.78, 5) is 0. The van der Waals surface area contributed by atoms with Crippen molar-refractivity contribution in [3.63, 3.8) is 0 Å². The summed E-state index contributed by atoms with van der Waals surface area (Å²) in [5, 5.41) is 0. The Hall–Kier alpha value is 0.402. The van der Waals surface area contributed by atoms with Crippen LogP contribution in [0.2, 0.25) is 4.48 Å². The summed E-state index contributed by atoms with van der Waals surface area (Å²) in [7, 11) is 0. The van der Waals surface area contributed by atoms with Crippen LogP contribution in [-0.4, -0.2) is 0 Å². The van der Waals surface area contributed by atoms with E-state index in [1.54, 1.807) is 3.13 Å². The molecule has 0 radical (unpaired) electrons. The van der Waals surface area contributed by atoms with Gasteiger partial charge in [-0.25, -0.2) is 0 Å². The van der Waals surface area contributed by atoms with E-state index in [0.717, 1.165) is 0 Å². The summed E-state index contributed by atoms with van der Waals surface area (Å²) in [6.45, 7) is 0. The second-order valence-corrected chi connectivity index (χ2v) is 6.42. The molecule has 0 N–H and O–H groups in total. The second-order valence-electron chi connectivity index (χ2n) is 1.81. The molecule has 0 aromatic carbocycles. The Morgan fingerprint density at radius 3 is 2.86 bits per heavy atom. The topological polar surface area (TPSA) is 0 Å². The molecule has 0 unspecified atom stereocenters. The van der Waals surface area contributed by atoms with Crippen LogP contribution in [0.1, 0.15) is 6.42 Å². The van der Waals surface area contributed by atoms with E-state index < -0.39 is 0 Å². The summed E-state index contributed by atoms with van der Waals surface area (Å²) >= 11 is -0.336. The second kappa shape index (κ2) is 2.65. The van der Waals surface area contributed by atoms with E-state index in [1.807, 2.05) is 0 Å². The zero-order valence-electron chi connectivity index (χ0n) is 4.65. The normalized spacial score (nSPS) is 16.4. The van der Waals surface area contributed by atoms with Gasteiger partial charge in [0.25, 0.3) is 0 Å². The molecule has 0 aromatic heterocycles. The quantitative estimate of drug-likeness (QED) is 0.557. The van der Waals surface area contributed by atoms with Gasteiger partial charge in [0.1, 0.15) is 0 Å². The van der Waals surface area contributed by atoms with Gasteiger partial charge in [-0.1, -0.05) is 0 Å². The van der Waals surface area contributed by atoms with E-state index in [4.69, 9.17) is 0 Å². The summed E-state index contributed by atoms with van der Waals surface area (Å²) < 4.78 is 4.17. The molecule has 34 valence electrons. The minimum atomic E-state index is -0.336. The van der Waals surface area contributed by atoms with E-state index in [-0.39, 0.29) is 24.2 Å². The first-order chi connectivity index (χ1) is 3.43. The molecule has 1 aliphatic rings. The zero-order valence-corrected chi connectivity index (χ0v) is 8.68. The van der Waals surface area contributed by atoms with Gasteiger partial charge in [-0.05, 0) is 0 Å². The van der Waals surface area contributed by atoms with Gasteiger partial charge in [0.05, 0.1) is 0 Å². The molecule has 0 fully saturated rings. The molecule has 0 atom stereocenters. The van der Waals surface area contributed by atoms with Crippen LogP contribution in [0.5, 0.6) is 0 Å². The van der Waals surface area contributed by atoms with Crippen LogP contribution in [0.3, 0.4) is 0 Å². The fourth-order valence-corrected chi connectivity index (χ4v) is 3.11. The van der Waals surface area contributed by atoms with Gasteiger partial charge in [-0.2, -0.15) is 0 Å². The van der Waals surface area contributed by atoms with Crippen molar-refractivity contribution in [1.29, 1.82) is 0 Å². The van der Waals surface area contributed by atoms with Gasteiger partial charge in [0.15, 0.2) is 0 Å². The van der Waals surface area contributed by atoms with Crippen LogP contribution in [-0.2, 0) is 24.2 Å². The van der Waals surface area contributed by atoms with Gasteiger partial charge in [0, 0.05) is 0 Å². The summed E-state index contributed by atoms with van der Waals surface area (Å²) in [6, 6.07) is 0. The molecule has 7 heavy (non-hydrogen) atoms. The molecule has 0 saturated heterocycles. The number of hydrogen-bond acceptors (Lipinski definition) is 0. The first-order valence-corrected chi connectivity index (χ1v) is 8.83. The summed E-state index contributed by atoms with van der Waals surface area (Å²) in [5.74, 6) is 0. The molecule has 0 amide bonds. The van der Waals surface area contributed by atoms with Crippen LogP contribution in [0.15, 0.2) is 21.4 Å². The van der Waals surface area contributed by atoms with Gasteiger partial charge in [-0.15, -0.1) is 0 Å². The number of allylic oxidation sites excluding steroid dienone is 4. The molecule has 0 nitrogen and oxygen atoms in total. The van der Waals surface area contributed by atoms with Crippen molar-refractivity contribution < 1.29 is 24.2 Å². The predicted molar refractivity (Wildman–Crippen MR) is 27.7 cm³/mol. The third-order valence-corrected chi connectivity index (χ3v) is 5.39. The van der Waals surface area contributed by atoms with Crippen molar-refractivity contribution in [2.75, 3.05) is 0 Å². The van der Waals surface area contributed by atoms with Crippen LogP contribution >= 0.6 is 0 Å². The summed E-state index contributed by atoms with van der Waals surface area (Å²) in [6.07, 6.45) is 7.99. The van der Waals surface area contributed by atoms with Crippen molar-refractivity contribution in [2.45, 2.75) is 10.9 Å². The van der Waals surface area contributed by atoms with Crippen molar-refractivity contribution >= 4 is 0 Å². The van der Waals surface area contributed by atoms with Gasteiger partial charge < -0.3 is 0 Å². The zero-order chi connectivity index (χ0) is 5.11. The maximum atomic E-state index is 2.40. The fraction of sp³-hybridized carbons (Fsp3) is 0.333. The predicted octanol–water partition coefficient (Wildman–Crippen LogP) is 1.96. The Morgan fingerprint density at radius 2 is 2.57 bits per heavy atom. The molecule has 0 spiro atoms. The van der Waals surface area contributed by atoms with Crippen LogP contribution in [0.25, 0.3) is 0 Å². The molecule has 0 aliphatic heterocycles. The molecule has 0 bridgehead atoms. The minimum absolute atomic E-state index is 0.336. The third kappa shape index (κ3) is 1.40. The Balaban J connectivity index is 2.45. The first-order valence-electron chi connectivity index (χ1n) is 2.78. The van der Waals surface area contributed by atoms with Crippen LogP contribution < -0.4 is 0 Å². The number of rotatable bonds is 1. The Morgan fingerprint density at radius 1 is 1.71 bits per heavy atom. The Labute approximate surface area is 56.5 Å². The van der Waals surface area contributed by atoms with E-state index in [0.29, 0.717) is 0 Å². The monoisotopic (exact) mass is 194 g/mol. The maximum absolute atomic E-state index is 2.40. The van der Waals surface area contributed by atoms with Gasteiger partial charge in [0.2, 0.25) is 0 Å². The average molecular weight is 193 g/mol. The number of hydrogen-bond donors (Lipinski definition) is 0. The molecular weight excluding hydrogens is 184 g/mol. The molecule has 0 saturated carbocycles. The van der Waals surface area contributed by atoms with Crippen molar-refractivity contribution in [2.24, 2.45) is 0 Å². The molecule has 1 aliphatic carbocycles. The van der Waals surface area contributed by atoms with E-state index in [2.05, 4.69) is 22.7 Å². The van der Waals surface area contributed by atoms with Crippen molar-refractivity contribution in [3.8, 4) is 0 Å². The van der Waals surface area contributed by atoms with Gasteiger partial charge in [-0.3, -0.25) is 0 Å². The van der Waals surface area contributed by atoms with Crippen molar-refractivity contribution in [3.05, 3.63) is 21.4 Å². The average Bonchev–Trinajstić information content (AvgIpc) is 2.14. The molecule has 1 heteroatoms. The molecular formula is C6H8Cd. The molecule has 0 heterocycles. The van der Waals surface area contributed by atoms with E-state index >= 15 is 0 Å². The van der Waals surface area contributed by atoms with E-state index in [9.17, 15) is 0 Å². The molecule has 1 rings (SSSR count). The summed E-state index contributed by atoms with van der Waals surface area (Å²) in [5.41, 5.74) is 0. The Bertz CT molecular complexity index is 111. The van der Waals surface area contributed by atoms with Gasteiger partial charge >= 0.3 is 56.5 Å². The fourth-order valence-electron chi connectivity index (χ4n) is 0.754.